The molecule has 1 fully saturated rings. The summed E-state index contributed by atoms with van der Waals surface area (Å²) in [6.07, 6.45) is 0.931. The molecule has 5 nitrogen and oxygen atoms in total. The number of phenols is 1. The molecule has 3 N–H and O–H groups in total. The number of nitrogens with one attached hydrogen (secondary N) is 1. The highest BCUT2D eigenvalue weighted by molar-refractivity contribution is 5.81. The van der Waals surface area contributed by atoms with E-state index in [2.05, 4.69) is 10.2 Å². The first-order chi connectivity index (χ1) is 9.09. The highest BCUT2D eigenvalue weighted by Gasteiger charge is 2.44. The Hall–Kier alpha value is -1.75. The number of carboxylic acid groups (broad SMARTS) is 1. The van der Waals surface area contributed by atoms with Crippen molar-refractivity contribution in [3.05, 3.63) is 23.8 Å². The SMILES string of the molecule is CN1c2cc(O)ccc2C(C(=O)O)C2CNCCC21. The van der Waals surface area contributed by atoms with Gasteiger partial charge in [0.25, 0.3) is 0 Å². The van der Waals surface area contributed by atoms with Gasteiger partial charge in [0.05, 0.1) is 5.92 Å². The molecule has 0 aliphatic carbocycles. The lowest BCUT2D eigenvalue weighted by atomic mass is 9.74. The lowest BCUT2D eigenvalue weighted by molar-refractivity contribution is -0.140. The van der Waals surface area contributed by atoms with Crippen molar-refractivity contribution in [1.29, 1.82) is 0 Å². The second-order valence-corrected chi connectivity index (χ2v) is 5.39. The fourth-order valence-electron chi connectivity index (χ4n) is 3.52. The molecule has 5 heteroatoms. The van der Waals surface area contributed by atoms with Gasteiger partial charge in [-0.25, -0.2) is 0 Å². The average Bonchev–Trinajstić information content (AvgIpc) is 2.39. The fourth-order valence-corrected chi connectivity index (χ4v) is 3.52. The first kappa shape index (κ1) is 12.3. The van der Waals surface area contributed by atoms with Crippen LogP contribution >= 0.6 is 0 Å². The number of hydrogen-bond donors (Lipinski definition) is 3. The topological polar surface area (TPSA) is 72.8 Å². The van der Waals surface area contributed by atoms with Crippen molar-refractivity contribution in [3.8, 4) is 5.75 Å². The van der Waals surface area contributed by atoms with Gasteiger partial charge in [-0.2, -0.15) is 0 Å². The van der Waals surface area contributed by atoms with E-state index in [1.165, 1.54) is 0 Å². The summed E-state index contributed by atoms with van der Waals surface area (Å²) in [5.74, 6) is -1.02. The molecule has 2 heterocycles. The van der Waals surface area contributed by atoms with E-state index in [0.717, 1.165) is 30.8 Å². The summed E-state index contributed by atoms with van der Waals surface area (Å²) in [5, 5.41) is 22.5. The largest absolute Gasteiger partial charge is 0.508 e. The van der Waals surface area contributed by atoms with Crippen molar-refractivity contribution in [2.75, 3.05) is 25.0 Å². The predicted octanol–water partition coefficient (Wildman–Crippen LogP) is 0.988. The van der Waals surface area contributed by atoms with Crippen molar-refractivity contribution in [2.45, 2.75) is 18.4 Å². The molecule has 1 saturated heterocycles. The number of carboxylic acids is 1. The number of benzene rings is 1. The molecule has 3 unspecified atom stereocenters. The monoisotopic (exact) mass is 262 g/mol. The number of phenolic OH excluding ortho intramolecular Hbond substituents is 1. The predicted molar refractivity (Wildman–Crippen MR) is 71.7 cm³/mol. The standard InChI is InChI=1S/C14H18N2O3/c1-16-11-4-5-15-7-10(11)13(14(18)19)9-3-2-8(17)6-12(9)16/h2-3,6,10-11,13,15,17H,4-5,7H2,1H3,(H,18,19). The zero-order chi connectivity index (χ0) is 13.6. The Morgan fingerprint density at radius 2 is 2.26 bits per heavy atom. The first-order valence-corrected chi connectivity index (χ1v) is 6.59. The van der Waals surface area contributed by atoms with Gasteiger partial charge in [-0.05, 0) is 24.6 Å². The third kappa shape index (κ3) is 1.85. The summed E-state index contributed by atoms with van der Waals surface area (Å²) in [5.41, 5.74) is 1.65. The minimum absolute atomic E-state index is 0.0771. The first-order valence-electron chi connectivity index (χ1n) is 6.59. The molecular formula is C14H18N2O3. The molecule has 1 aromatic rings. The summed E-state index contributed by atoms with van der Waals surface area (Å²) in [4.78, 5) is 13.8. The van der Waals surface area contributed by atoms with E-state index in [4.69, 9.17) is 0 Å². The Kier molecular flexibility index (Phi) is 2.86. The number of carbonyl (C=O) groups is 1. The summed E-state index contributed by atoms with van der Waals surface area (Å²) < 4.78 is 0. The minimum Gasteiger partial charge on any atom is -0.508 e. The van der Waals surface area contributed by atoms with E-state index in [9.17, 15) is 15.0 Å². The second kappa shape index (κ2) is 4.42. The molecule has 102 valence electrons. The highest BCUT2D eigenvalue weighted by atomic mass is 16.4. The van der Waals surface area contributed by atoms with Gasteiger partial charge >= 0.3 is 5.97 Å². The molecule has 3 rings (SSSR count). The average molecular weight is 262 g/mol. The molecule has 2 aliphatic rings. The third-order valence-electron chi connectivity index (χ3n) is 4.41. The number of nitrogens with zero attached hydrogens (tertiary/aromatic N) is 1. The van der Waals surface area contributed by atoms with Crippen LogP contribution in [0.1, 0.15) is 17.9 Å². The molecule has 0 amide bonds. The molecule has 0 bridgehead atoms. The van der Waals surface area contributed by atoms with Gasteiger partial charge < -0.3 is 20.4 Å². The quantitative estimate of drug-likeness (QED) is 0.704. The van der Waals surface area contributed by atoms with Gasteiger partial charge in [0.15, 0.2) is 0 Å². The number of aliphatic carboxylic acids is 1. The van der Waals surface area contributed by atoms with Crippen LogP contribution in [-0.4, -0.2) is 42.4 Å². The van der Waals surface area contributed by atoms with Gasteiger partial charge in [-0.3, -0.25) is 4.79 Å². The normalized spacial score (nSPS) is 29.5. The maximum atomic E-state index is 11.7. The van der Waals surface area contributed by atoms with Gasteiger partial charge in [-0.15, -0.1) is 0 Å². The number of fused-ring (bicyclic) bond motifs is 2. The maximum absolute atomic E-state index is 11.7. The molecular weight excluding hydrogens is 244 g/mol. The molecule has 0 radical (unpaired) electrons. The molecule has 0 saturated carbocycles. The summed E-state index contributed by atoms with van der Waals surface area (Å²) in [6.45, 7) is 1.64. The maximum Gasteiger partial charge on any atom is 0.311 e. The van der Waals surface area contributed by atoms with E-state index < -0.39 is 11.9 Å². The van der Waals surface area contributed by atoms with Crippen molar-refractivity contribution >= 4 is 11.7 Å². The van der Waals surface area contributed by atoms with Crippen molar-refractivity contribution in [1.82, 2.24) is 5.32 Å². The van der Waals surface area contributed by atoms with Crippen LogP contribution in [-0.2, 0) is 4.79 Å². The number of anilines is 1. The van der Waals surface area contributed by atoms with E-state index in [1.807, 2.05) is 7.05 Å². The van der Waals surface area contributed by atoms with Crippen LogP contribution < -0.4 is 10.2 Å². The van der Waals surface area contributed by atoms with Crippen LogP contribution in [0.25, 0.3) is 0 Å². The van der Waals surface area contributed by atoms with E-state index in [-0.39, 0.29) is 17.7 Å². The van der Waals surface area contributed by atoms with Crippen molar-refractivity contribution in [3.63, 3.8) is 0 Å². The zero-order valence-electron chi connectivity index (χ0n) is 10.8. The zero-order valence-corrected chi connectivity index (χ0v) is 10.8. The van der Waals surface area contributed by atoms with Crippen LogP contribution in [0.5, 0.6) is 5.75 Å². The Balaban J connectivity index is 2.13. The summed E-state index contributed by atoms with van der Waals surface area (Å²) in [7, 11) is 1.99. The lowest BCUT2D eigenvalue weighted by Crippen LogP contribution is -2.54. The smallest absolute Gasteiger partial charge is 0.311 e. The van der Waals surface area contributed by atoms with Gasteiger partial charge in [-0.1, -0.05) is 6.07 Å². The van der Waals surface area contributed by atoms with Gasteiger partial charge in [0, 0.05) is 37.3 Å². The number of hydrogen-bond acceptors (Lipinski definition) is 4. The molecule has 0 aromatic heterocycles. The molecule has 19 heavy (non-hydrogen) atoms. The number of piperidine rings is 1. The molecule has 0 spiro atoms. The van der Waals surface area contributed by atoms with E-state index in [1.54, 1.807) is 18.2 Å². The van der Waals surface area contributed by atoms with Gasteiger partial charge in [0.1, 0.15) is 5.75 Å². The third-order valence-corrected chi connectivity index (χ3v) is 4.41. The number of aromatic hydroxyl groups is 1. The van der Waals surface area contributed by atoms with Crippen molar-refractivity contribution < 1.29 is 15.0 Å². The Morgan fingerprint density at radius 3 is 3.00 bits per heavy atom. The Labute approximate surface area is 111 Å². The Bertz CT molecular complexity index is 517. The fraction of sp³-hybridized carbons (Fsp3) is 0.500. The second-order valence-electron chi connectivity index (χ2n) is 5.39. The van der Waals surface area contributed by atoms with Crippen molar-refractivity contribution in [2.24, 2.45) is 5.92 Å². The van der Waals surface area contributed by atoms with Crippen LogP contribution in [0.15, 0.2) is 18.2 Å². The number of rotatable bonds is 1. The van der Waals surface area contributed by atoms with Crippen LogP contribution in [0, 0.1) is 5.92 Å². The van der Waals surface area contributed by atoms with Crippen LogP contribution in [0.3, 0.4) is 0 Å². The van der Waals surface area contributed by atoms with Gasteiger partial charge in [0.2, 0.25) is 0 Å². The molecule has 1 aromatic carbocycles. The Morgan fingerprint density at radius 1 is 1.47 bits per heavy atom. The minimum atomic E-state index is -0.779. The molecule has 3 atom stereocenters. The summed E-state index contributed by atoms with van der Waals surface area (Å²) >= 11 is 0. The molecule has 2 aliphatic heterocycles. The van der Waals surface area contributed by atoms with Crippen LogP contribution in [0.2, 0.25) is 0 Å². The van der Waals surface area contributed by atoms with Crippen LogP contribution in [0.4, 0.5) is 5.69 Å². The van der Waals surface area contributed by atoms with E-state index >= 15 is 0 Å². The lowest BCUT2D eigenvalue weighted by Gasteiger charge is -2.47. The summed E-state index contributed by atoms with van der Waals surface area (Å²) in [6, 6.07) is 5.20. The van der Waals surface area contributed by atoms with E-state index in [0.29, 0.717) is 0 Å². The highest BCUT2D eigenvalue weighted by Crippen LogP contribution is 2.44.